The lowest BCUT2D eigenvalue weighted by Gasteiger charge is -2.19. The minimum absolute atomic E-state index is 0.0973. The Bertz CT molecular complexity index is 1080. The molecule has 1 N–H and O–H groups in total. The molecule has 9 heteroatoms. The molecule has 3 aromatic rings. The number of aryl methyl sites for hydroxylation is 1. The zero-order valence-electron chi connectivity index (χ0n) is 16.8. The van der Waals surface area contributed by atoms with Crippen LogP contribution >= 0.6 is 0 Å². The van der Waals surface area contributed by atoms with Crippen molar-refractivity contribution in [1.82, 2.24) is 14.9 Å². The van der Waals surface area contributed by atoms with Crippen LogP contribution in [0.2, 0.25) is 0 Å². The third kappa shape index (κ3) is 5.25. The number of imidazole rings is 1. The summed E-state index contributed by atoms with van der Waals surface area (Å²) in [5.74, 6) is -0.754. The minimum atomic E-state index is -3.06. The molecule has 2 aromatic carbocycles. The Morgan fingerprint density at radius 2 is 1.97 bits per heavy atom. The molecule has 31 heavy (non-hydrogen) atoms. The molecule has 1 heterocycles. The lowest BCUT2D eigenvalue weighted by Crippen LogP contribution is -2.30. The second-order valence-electron chi connectivity index (χ2n) is 6.45. The third-order valence-corrected chi connectivity index (χ3v) is 4.47. The quantitative estimate of drug-likeness (QED) is 0.546. The molecule has 0 spiro atoms. The lowest BCUT2D eigenvalue weighted by molar-refractivity contribution is -0.117. The van der Waals surface area contributed by atoms with Gasteiger partial charge in [0.1, 0.15) is 17.7 Å². The molecule has 0 aliphatic heterocycles. The predicted octanol–water partition coefficient (Wildman–Crippen LogP) is 4.09. The zero-order chi connectivity index (χ0) is 22.4. The number of halogens is 3. The van der Waals surface area contributed by atoms with Gasteiger partial charge in [0.2, 0.25) is 5.91 Å². The molecule has 0 bridgehead atoms. The van der Waals surface area contributed by atoms with Crippen LogP contribution < -0.4 is 14.8 Å². The Hall–Kier alpha value is -3.75. The molecule has 0 saturated carbocycles. The number of nitrogens with one attached hydrogen (secondary N) is 1. The van der Waals surface area contributed by atoms with Crippen molar-refractivity contribution in [3.05, 3.63) is 83.7 Å². The second-order valence-corrected chi connectivity index (χ2v) is 6.45. The molecule has 1 aromatic heterocycles. The highest BCUT2D eigenvalue weighted by Gasteiger charge is 2.23. The van der Waals surface area contributed by atoms with E-state index in [1.165, 1.54) is 37.6 Å². The maximum absolute atomic E-state index is 14.4. The van der Waals surface area contributed by atoms with E-state index in [2.05, 4.69) is 15.0 Å². The first-order valence-electron chi connectivity index (χ1n) is 9.22. The smallest absolute Gasteiger partial charge is 0.387 e. The first-order chi connectivity index (χ1) is 14.9. The average molecular weight is 431 g/mol. The van der Waals surface area contributed by atoms with Gasteiger partial charge in [-0.1, -0.05) is 30.3 Å². The third-order valence-electron chi connectivity index (χ3n) is 4.47. The van der Waals surface area contributed by atoms with Gasteiger partial charge in [-0.15, -0.1) is 0 Å². The van der Waals surface area contributed by atoms with Crippen LogP contribution in [0, 0.1) is 5.82 Å². The Labute approximate surface area is 176 Å². The van der Waals surface area contributed by atoms with Crippen LogP contribution in [0.1, 0.15) is 23.0 Å². The van der Waals surface area contributed by atoms with Crippen molar-refractivity contribution in [2.75, 3.05) is 7.11 Å². The van der Waals surface area contributed by atoms with Crippen molar-refractivity contribution in [1.29, 1.82) is 0 Å². The number of alkyl halides is 2. The van der Waals surface area contributed by atoms with Gasteiger partial charge >= 0.3 is 6.61 Å². The van der Waals surface area contributed by atoms with E-state index >= 15 is 0 Å². The number of rotatable bonds is 8. The Kier molecular flexibility index (Phi) is 6.96. The van der Waals surface area contributed by atoms with E-state index in [1.807, 2.05) is 0 Å². The molecule has 0 fully saturated rings. The van der Waals surface area contributed by atoms with E-state index < -0.39 is 24.4 Å². The van der Waals surface area contributed by atoms with Crippen LogP contribution in [0.15, 0.2) is 60.9 Å². The summed E-state index contributed by atoms with van der Waals surface area (Å²) in [4.78, 5) is 16.8. The standard InChI is InChI=1S/C22H20F3N3O3/c1-28-13-12-26-21(28)19(15-7-3-4-8-16(15)23)27-18(29)11-10-14-6-5-9-17(30-2)20(14)31-22(24)25/h3-13,19,22H,1-2H3,(H,27,29)/b11-10+. The number of methoxy groups -OCH3 is 1. The fraction of sp³-hybridized carbons (Fsp3) is 0.182. The molecule has 6 nitrogen and oxygen atoms in total. The summed E-state index contributed by atoms with van der Waals surface area (Å²) in [7, 11) is 3.04. The number of nitrogens with zero attached hydrogens (tertiary/aromatic N) is 2. The molecule has 0 saturated heterocycles. The predicted molar refractivity (Wildman–Crippen MR) is 108 cm³/mol. The number of carbonyl (C=O) groups excluding carboxylic acids is 1. The van der Waals surface area contributed by atoms with Gasteiger partial charge in [-0.2, -0.15) is 8.78 Å². The van der Waals surface area contributed by atoms with E-state index in [4.69, 9.17) is 4.74 Å². The number of amides is 1. The number of hydrogen-bond donors (Lipinski definition) is 1. The fourth-order valence-electron chi connectivity index (χ4n) is 3.04. The van der Waals surface area contributed by atoms with Crippen LogP contribution in [0.5, 0.6) is 11.5 Å². The van der Waals surface area contributed by atoms with E-state index in [1.54, 1.807) is 42.1 Å². The topological polar surface area (TPSA) is 65.4 Å². The molecule has 162 valence electrons. The van der Waals surface area contributed by atoms with Crippen molar-refractivity contribution in [3.8, 4) is 11.5 Å². The zero-order valence-corrected chi connectivity index (χ0v) is 16.8. The van der Waals surface area contributed by atoms with E-state index in [9.17, 15) is 18.0 Å². The van der Waals surface area contributed by atoms with Gasteiger partial charge in [0.15, 0.2) is 11.5 Å². The SMILES string of the molecule is COc1cccc(/C=C/C(=O)NC(c2ccccc2F)c2nccn2C)c1OC(F)F. The maximum atomic E-state index is 14.4. The Morgan fingerprint density at radius 1 is 1.19 bits per heavy atom. The summed E-state index contributed by atoms with van der Waals surface area (Å²) in [6.45, 7) is -3.06. The van der Waals surface area contributed by atoms with Crippen molar-refractivity contribution in [2.45, 2.75) is 12.7 Å². The Balaban J connectivity index is 1.88. The van der Waals surface area contributed by atoms with Gasteiger partial charge in [-0.3, -0.25) is 4.79 Å². The van der Waals surface area contributed by atoms with Gasteiger partial charge in [0.05, 0.1) is 7.11 Å². The van der Waals surface area contributed by atoms with Crippen molar-refractivity contribution in [3.63, 3.8) is 0 Å². The Morgan fingerprint density at radius 3 is 2.61 bits per heavy atom. The monoisotopic (exact) mass is 431 g/mol. The van der Waals surface area contributed by atoms with Crippen LogP contribution in [0.3, 0.4) is 0 Å². The fourth-order valence-corrected chi connectivity index (χ4v) is 3.04. The normalized spacial score (nSPS) is 12.2. The van der Waals surface area contributed by atoms with Crippen LogP contribution in [-0.4, -0.2) is 29.2 Å². The summed E-state index contributed by atoms with van der Waals surface area (Å²) < 4.78 is 51.2. The molecule has 1 unspecified atom stereocenters. The van der Waals surface area contributed by atoms with E-state index in [0.717, 1.165) is 6.08 Å². The minimum Gasteiger partial charge on any atom is -0.493 e. The largest absolute Gasteiger partial charge is 0.493 e. The number of benzene rings is 2. The number of aromatic nitrogens is 2. The highest BCUT2D eigenvalue weighted by molar-refractivity contribution is 5.92. The van der Waals surface area contributed by atoms with Crippen LogP contribution in [0.4, 0.5) is 13.2 Å². The van der Waals surface area contributed by atoms with Crippen molar-refractivity contribution < 1.29 is 27.4 Å². The van der Waals surface area contributed by atoms with Gasteiger partial charge in [-0.05, 0) is 18.2 Å². The summed E-state index contributed by atoms with van der Waals surface area (Å²) >= 11 is 0. The molecule has 1 atom stereocenters. The van der Waals surface area contributed by atoms with Gasteiger partial charge in [0, 0.05) is 36.6 Å². The van der Waals surface area contributed by atoms with Gasteiger partial charge < -0.3 is 19.4 Å². The van der Waals surface area contributed by atoms with Crippen LogP contribution in [-0.2, 0) is 11.8 Å². The number of ether oxygens (including phenoxy) is 2. The average Bonchev–Trinajstić information content (AvgIpc) is 3.17. The molecule has 0 aliphatic rings. The van der Waals surface area contributed by atoms with Gasteiger partial charge in [-0.25, -0.2) is 9.37 Å². The summed E-state index contributed by atoms with van der Waals surface area (Å²) in [6.07, 6.45) is 5.67. The van der Waals surface area contributed by atoms with E-state index in [-0.39, 0.29) is 22.6 Å². The van der Waals surface area contributed by atoms with Gasteiger partial charge in [0.25, 0.3) is 0 Å². The molecular weight excluding hydrogens is 411 g/mol. The first kappa shape index (κ1) is 21.9. The second kappa shape index (κ2) is 9.84. The van der Waals surface area contributed by atoms with Crippen LogP contribution in [0.25, 0.3) is 6.08 Å². The molecule has 0 aliphatic carbocycles. The molecular formula is C22H20F3N3O3. The first-order valence-corrected chi connectivity index (χ1v) is 9.22. The van der Waals surface area contributed by atoms with Crippen molar-refractivity contribution >= 4 is 12.0 Å². The summed E-state index contributed by atoms with van der Waals surface area (Å²) in [5, 5.41) is 2.71. The van der Waals surface area contributed by atoms with Crippen molar-refractivity contribution in [2.24, 2.45) is 7.05 Å². The number of hydrogen-bond acceptors (Lipinski definition) is 4. The highest BCUT2D eigenvalue weighted by atomic mass is 19.3. The highest BCUT2D eigenvalue weighted by Crippen LogP contribution is 2.33. The summed E-state index contributed by atoms with van der Waals surface area (Å²) in [6, 6.07) is 9.71. The molecule has 0 radical (unpaired) electrons. The van der Waals surface area contributed by atoms with E-state index in [0.29, 0.717) is 5.82 Å². The number of carbonyl (C=O) groups is 1. The lowest BCUT2D eigenvalue weighted by atomic mass is 10.1. The number of para-hydroxylation sites is 1. The molecule has 3 rings (SSSR count). The maximum Gasteiger partial charge on any atom is 0.387 e. The molecule has 1 amide bonds. The summed E-state index contributed by atoms with van der Waals surface area (Å²) in [5.41, 5.74) is 0.455.